The fraction of sp³-hybridized carbons (Fsp3) is 0.438. The first-order chi connectivity index (χ1) is 31.3. The first kappa shape index (κ1) is 43.3. The van der Waals surface area contributed by atoms with Gasteiger partial charge >= 0.3 is 6.85 Å². The minimum atomic E-state index is -0.117. The lowest BCUT2D eigenvalue weighted by Gasteiger charge is -2.49. The molecule has 4 aliphatic carbocycles. The van der Waals surface area contributed by atoms with Gasteiger partial charge in [0, 0.05) is 39.4 Å². The second kappa shape index (κ2) is 13.4. The lowest BCUT2D eigenvalue weighted by Crippen LogP contribution is -2.62. The highest BCUT2D eigenvalue weighted by Crippen LogP contribution is 2.57. The average Bonchev–Trinajstić information content (AvgIpc) is 3.49. The second-order valence-electron chi connectivity index (χ2n) is 26.7. The predicted octanol–water partition coefficient (Wildman–Crippen LogP) is 16.1. The minimum absolute atomic E-state index is 0.0380. The third-order valence-electron chi connectivity index (χ3n) is 19.1. The number of benzene rings is 6. The van der Waals surface area contributed by atoms with Gasteiger partial charge in [-0.15, -0.1) is 0 Å². The van der Waals surface area contributed by atoms with Crippen molar-refractivity contribution in [1.82, 2.24) is 0 Å². The lowest BCUT2D eigenvalue weighted by molar-refractivity contribution is 0.332. The summed E-state index contributed by atoms with van der Waals surface area (Å²) in [6, 6.07) is 40.2. The van der Waals surface area contributed by atoms with Crippen molar-refractivity contribution in [1.29, 1.82) is 0 Å². The van der Waals surface area contributed by atoms with E-state index >= 15 is 0 Å². The quantitative estimate of drug-likeness (QED) is 0.160. The van der Waals surface area contributed by atoms with Crippen molar-refractivity contribution in [3.8, 4) is 22.3 Å². The number of hydrogen-bond acceptors (Lipinski definition) is 2. The zero-order chi connectivity index (χ0) is 47.3. The molecular weight excluding hydrogens is 808 g/mol. The first-order valence-corrected chi connectivity index (χ1v) is 25.8. The van der Waals surface area contributed by atoms with E-state index in [9.17, 15) is 0 Å². The molecule has 0 saturated heterocycles. The number of rotatable bonds is 2. The third-order valence-corrected chi connectivity index (χ3v) is 19.1. The molecule has 0 N–H and O–H groups in total. The van der Waals surface area contributed by atoms with E-state index in [2.05, 4.69) is 211 Å². The van der Waals surface area contributed by atoms with Gasteiger partial charge in [0.1, 0.15) is 0 Å². The summed E-state index contributed by atoms with van der Waals surface area (Å²) >= 11 is 0. The largest absolute Gasteiger partial charge is 0.376 e. The van der Waals surface area contributed by atoms with Crippen LogP contribution in [0, 0.1) is 6.92 Å². The highest BCUT2D eigenvalue weighted by Gasteiger charge is 2.50. The first-order valence-electron chi connectivity index (χ1n) is 25.8. The summed E-state index contributed by atoms with van der Waals surface area (Å²) < 4.78 is 0. The normalized spacial score (nSPS) is 21.7. The minimum Gasteiger partial charge on any atom is -0.376 e. The zero-order valence-electron chi connectivity index (χ0n) is 43.5. The van der Waals surface area contributed by atoms with E-state index in [0.717, 1.165) is 0 Å². The molecular formula is C64H73BN2. The van der Waals surface area contributed by atoms with Crippen molar-refractivity contribution < 1.29 is 0 Å². The lowest BCUT2D eigenvalue weighted by atomic mass is 9.42. The summed E-state index contributed by atoms with van der Waals surface area (Å²) in [5, 5.41) is 0. The average molecular weight is 881 g/mol. The summed E-state index contributed by atoms with van der Waals surface area (Å²) in [7, 11) is 0. The van der Waals surface area contributed by atoms with Gasteiger partial charge in [-0.25, -0.2) is 0 Å². The van der Waals surface area contributed by atoms with Gasteiger partial charge in [0.25, 0.3) is 0 Å². The fourth-order valence-electron chi connectivity index (χ4n) is 14.4. The van der Waals surface area contributed by atoms with Crippen LogP contribution < -0.4 is 20.6 Å². The van der Waals surface area contributed by atoms with Crippen LogP contribution in [0.3, 0.4) is 0 Å². The Balaban J connectivity index is 1.22. The summed E-state index contributed by atoms with van der Waals surface area (Å²) in [5.74, 6) is 0. The van der Waals surface area contributed by atoms with Crippen LogP contribution in [0.2, 0.25) is 0 Å². The number of anilines is 5. The van der Waals surface area contributed by atoms with Gasteiger partial charge in [0.15, 0.2) is 0 Å². The van der Waals surface area contributed by atoms with Crippen LogP contribution in [-0.2, 0) is 37.9 Å². The molecule has 0 aromatic heterocycles. The molecule has 0 bridgehead atoms. The van der Waals surface area contributed by atoms with Gasteiger partial charge in [0.05, 0.1) is 0 Å². The third kappa shape index (κ3) is 5.94. The van der Waals surface area contributed by atoms with Gasteiger partial charge in [-0.05, 0) is 204 Å². The highest BCUT2D eigenvalue weighted by molar-refractivity contribution is 6.93. The van der Waals surface area contributed by atoms with Crippen molar-refractivity contribution in [3.05, 3.63) is 147 Å². The fourth-order valence-corrected chi connectivity index (χ4v) is 14.4. The summed E-state index contributed by atoms with van der Waals surface area (Å²) in [5.41, 5.74) is 28.6. The molecule has 3 heteroatoms. The Morgan fingerprint density at radius 3 is 1.48 bits per heavy atom. The molecule has 2 aliphatic heterocycles. The Hall–Kier alpha value is -5.02. The van der Waals surface area contributed by atoms with Gasteiger partial charge in [-0.3, -0.25) is 0 Å². The molecule has 6 aliphatic rings. The summed E-state index contributed by atoms with van der Waals surface area (Å²) in [6.07, 6.45) is 7.15. The SMILES string of the molecule is Cc1cc2c3c(c1)N(c1ccc4c(c1)C(C)(C)CCC4(C)C)c1cc4c(cc1B3N(c1ccc3c(c1)C(C)(C)CCC3(C)C)c1cc3c(cc1-2)C(C)(C)c1ccccc1-3)C(C)(C)CCC4(C)C. The van der Waals surface area contributed by atoms with Gasteiger partial charge < -0.3 is 9.71 Å². The van der Waals surface area contributed by atoms with E-state index in [4.69, 9.17) is 0 Å². The molecule has 0 atom stereocenters. The van der Waals surface area contributed by atoms with Crippen LogP contribution in [0.15, 0.2) is 97.1 Å². The molecule has 2 heterocycles. The van der Waals surface area contributed by atoms with E-state index < -0.39 is 0 Å². The van der Waals surface area contributed by atoms with Crippen molar-refractivity contribution >= 4 is 46.2 Å². The summed E-state index contributed by atoms with van der Waals surface area (Å²) in [4.78, 5) is 5.55. The Kier molecular flexibility index (Phi) is 8.65. The molecule has 0 radical (unpaired) electrons. The number of fused-ring (bicyclic) bond motifs is 10. The molecule has 342 valence electrons. The van der Waals surface area contributed by atoms with Crippen LogP contribution in [0.4, 0.5) is 28.4 Å². The van der Waals surface area contributed by atoms with Crippen LogP contribution in [-0.4, -0.2) is 6.85 Å². The highest BCUT2D eigenvalue weighted by atomic mass is 15.2. The molecule has 0 saturated carbocycles. The Labute approximate surface area is 403 Å². The maximum Gasteiger partial charge on any atom is 0.333 e. The molecule has 6 aromatic rings. The number of hydrogen-bond donors (Lipinski definition) is 0. The van der Waals surface area contributed by atoms with Gasteiger partial charge in [0.2, 0.25) is 0 Å². The zero-order valence-corrected chi connectivity index (χ0v) is 43.5. The molecule has 2 nitrogen and oxygen atoms in total. The van der Waals surface area contributed by atoms with Crippen molar-refractivity contribution in [2.75, 3.05) is 9.71 Å². The summed E-state index contributed by atoms with van der Waals surface area (Å²) in [6.45, 7) is 37.0. The van der Waals surface area contributed by atoms with Crippen LogP contribution in [0.1, 0.15) is 186 Å². The van der Waals surface area contributed by atoms with Crippen molar-refractivity contribution in [3.63, 3.8) is 0 Å². The Bertz CT molecular complexity index is 3150. The van der Waals surface area contributed by atoms with Gasteiger partial charge in [-0.1, -0.05) is 145 Å². The maximum absolute atomic E-state index is 2.82. The van der Waals surface area contributed by atoms with Crippen LogP contribution in [0.5, 0.6) is 0 Å². The van der Waals surface area contributed by atoms with E-state index in [-0.39, 0.29) is 44.8 Å². The molecule has 0 amide bonds. The van der Waals surface area contributed by atoms with E-state index in [1.54, 1.807) is 0 Å². The topological polar surface area (TPSA) is 6.48 Å². The number of aryl methyl sites for hydroxylation is 1. The maximum atomic E-state index is 2.82. The van der Waals surface area contributed by atoms with Crippen molar-refractivity contribution in [2.45, 2.75) is 180 Å². The molecule has 0 spiro atoms. The molecule has 6 aromatic carbocycles. The number of nitrogens with zero attached hydrogens (tertiary/aromatic N) is 2. The predicted molar refractivity (Wildman–Crippen MR) is 288 cm³/mol. The molecule has 0 unspecified atom stereocenters. The smallest absolute Gasteiger partial charge is 0.333 e. The van der Waals surface area contributed by atoms with E-state index in [1.807, 2.05) is 0 Å². The standard InChI is InChI=1S/C64H73BN2/c1-38-30-44-43-34-48-42(41-18-16-17-19-45(41)64(48,14)15)35-54(43)67(40-21-23-47-50(33-40)61(8,9)27-25-59(47,4)5)65-53-36-51-52(63(12,13)29-28-62(51,10)11)37-55(53)66(56(31-38)57(44)65)39-20-22-46-49(32-39)60(6,7)26-24-58(46,2)3/h16-23,30-37H,24-29H2,1-15H3. The van der Waals surface area contributed by atoms with E-state index in [0.29, 0.717) is 0 Å². The van der Waals surface area contributed by atoms with Gasteiger partial charge in [-0.2, -0.15) is 0 Å². The van der Waals surface area contributed by atoms with Crippen LogP contribution >= 0.6 is 0 Å². The molecule has 67 heavy (non-hydrogen) atoms. The molecule has 0 fully saturated rings. The Morgan fingerprint density at radius 2 is 0.881 bits per heavy atom. The Morgan fingerprint density at radius 1 is 0.373 bits per heavy atom. The van der Waals surface area contributed by atoms with Crippen molar-refractivity contribution in [2.24, 2.45) is 0 Å². The second-order valence-corrected chi connectivity index (χ2v) is 26.7. The monoisotopic (exact) mass is 881 g/mol. The van der Waals surface area contributed by atoms with Crippen LogP contribution in [0.25, 0.3) is 22.3 Å². The molecule has 12 rings (SSSR count). The van der Waals surface area contributed by atoms with E-state index in [1.165, 1.54) is 150 Å².